The summed E-state index contributed by atoms with van der Waals surface area (Å²) in [5, 5.41) is 0. The second-order valence-corrected chi connectivity index (χ2v) is 30.2. The van der Waals surface area contributed by atoms with Crippen molar-refractivity contribution in [1.82, 2.24) is 0 Å². The van der Waals surface area contributed by atoms with Crippen molar-refractivity contribution < 1.29 is 0 Å². The first-order valence-electron chi connectivity index (χ1n) is 30.0. The van der Waals surface area contributed by atoms with Crippen molar-refractivity contribution in [2.45, 2.75) is 182 Å². The van der Waals surface area contributed by atoms with Crippen LogP contribution in [0.3, 0.4) is 0 Å². The van der Waals surface area contributed by atoms with E-state index in [0.717, 1.165) is 36.3 Å². The minimum absolute atomic E-state index is 0.0182. The summed E-state index contributed by atoms with van der Waals surface area (Å²) in [6.07, 6.45) is 3.45. The maximum absolute atomic E-state index is 2.74. The lowest BCUT2D eigenvalue weighted by Crippen LogP contribution is -2.62. The Kier molecular flexibility index (Phi) is 11.3. The monoisotopic (exact) mass is 1050 g/mol. The van der Waals surface area contributed by atoms with Crippen molar-refractivity contribution in [2.24, 2.45) is 0 Å². The topological polar surface area (TPSA) is 9.72 Å². The van der Waals surface area contributed by atoms with E-state index in [-0.39, 0.29) is 44.6 Å². The van der Waals surface area contributed by atoms with Gasteiger partial charge in [0.25, 0.3) is 6.71 Å². The molecule has 2 heterocycles. The summed E-state index contributed by atoms with van der Waals surface area (Å²) in [5.74, 6) is 0. The van der Waals surface area contributed by atoms with Crippen LogP contribution in [0.1, 0.15) is 186 Å². The SMILES string of the molecule is Cc1cc2c3c(c1)N(c1cccc4c1C(C)(C)c1ccccc1-4)c1cc(N(c4ccc(C(C)(C)C)cc4)c4ccc(C(C)(C)C)cc4)ccc1B3c1cc3c(cc1N2c1cc2c(cc1C)C(C)(C)CC2(C)C)C(C)(C)CCC3(C)C. The summed E-state index contributed by atoms with van der Waals surface area (Å²) >= 11 is 0. The molecule has 0 aromatic heterocycles. The van der Waals surface area contributed by atoms with Gasteiger partial charge < -0.3 is 14.7 Å². The van der Waals surface area contributed by atoms with E-state index in [1.54, 1.807) is 0 Å². The molecule has 0 fully saturated rings. The standard InChI is InChI=1S/C76H84BN3/c1-46-38-66-69-67(39-46)80(63-43-59-56(40-47(63)2)74(13,14)45-75(59,15)16)65-44-58-57(72(9,10)36-37-73(58,11)12)42-61(65)77(69)60-35-34-52(41-64(60)79(66)62-25-21-23-54-53-22-19-20-24-55(53)76(17,18)68(54)62)78(50-30-26-48(27-31-50)70(3,4)5)51-32-28-49(29-33-51)71(6,7)8/h19-35,38-44H,36-37,45H2,1-18H3. The van der Waals surface area contributed by atoms with Crippen molar-refractivity contribution in [3.05, 3.63) is 201 Å². The first kappa shape index (κ1) is 52.6. The van der Waals surface area contributed by atoms with E-state index in [2.05, 4.69) is 285 Å². The molecule has 0 saturated carbocycles. The van der Waals surface area contributed by atoms with Gasteiger partial charge in [0.1, 0.15) is 0 Å². The van der Waals surface area contributed by atoms with Crippen molar-refractivity contribution in [3.8, 4) is 11.1 Å². The van der Waals surface area contributed by atoms with Crippen LogP contribution in [-0.2, 0) is 37.9 Å². The summed E-state index contributed by atoms with van der Waals surface area (Å²) in [7, 11) is 0. The zero-order valence-corrected chi connectivity index (χ0v) is 51.4. The number of anilines is 9. The van der Waals surface area contributed by atoms with Gasteiger partial charge in [0, 0.05) is 50.9 Å². The third-order valence-corrected chi connectivity index (χ3v) is 20.1. The normalized spacial score (nSPS) is 18.1. The first-order valence-corrected chi connectivity index (χ1v) is 30.0. The molecule has 406 valence electrons. The predicted molar refractivity (Wildman–Crippen MR) is 346 cm³/mol. The molecular formula is C76H84BN3. The lowest BCUT2D eigenvalue weighted by molar-refractivity contribution is 0.332. The van der Waals surface area contributed by atoms with Crippen LogP contribution in [0.2, 0.25) is 0 Å². The fraction of sp³-hybridized carbons (Fsp3) is 0.368. The van der Waals surface area contributed by atoms with Crippen LogP contribution in [0.4, 0.5) is 51.2 Å². The highest BCUT2D eigenvalue weighted by Gasteiger charge is 2.50. The zero-order valence-electron chi connectivity index (χ0n) is 51.4. The molecule has 0 saturated heterocycles. The van der Waals surface area contributed by atoms with Crippen LogP contribution in [0.5, 0.6) is 0 Å². The average molecular weight is 1050 g/mol. The summed E-state index contributed by atoms with van der Waals surface area (Å²) in [5.41, 5.74) is 31.8. The molecule has 3 aliphatic carbocycles. The van der Waals surface area contributed by atoms with E-state index in [0.29, 0.717) is 0 Å². The second-order valence-electron chi connectivity index (χ2n) is 30.2. The highest BCUT2D eigenvalue weighted by atomic mass is 15.2. The first-order chi connectivity index (χ1) is 37.5. The number of benzene rings is 8. The van der Waals surface area contributed by atoms with Crippen molar-refractivity contribution in [2.75, 3.05) is 14.7 Å². The fourth-order valence-corrected chi connectivity index (χ4v) is 15.9. The van der Waals surface area contributed by atoms with Gasteiger partial charge in [-0.15, -0.1) is 0 Å². The molecule has 80 heavy (non-hydrogen) atoms. The number of rotatable bonds is 5. The van der Waals surface area contributed by atoms with Crippen LogP contribution >= 0.6 is 0 Å². The molecule has 8 aromatic rings. The zero-order chi connectivity index (χ0) is 56.8. The second kappa shape index (κ2) is 17.1. The van der Waals surface area contributed by atoms with Crippen LogP contribution in [0.15, 0.2) is 146 Å². The lowest BCUT2D eigenvalue weighted by Gasteiger charge is -2.48. The maximum Gasteiger partial charge on any atom is 0.252 e. The quantitative estimate of drug-likeness (QED) is 0.159. The number of aryl methyl sites for hydroxylation is 2. The third-order valence-electron chi connectivity index (χ3n) is 20.1. The number of hydrogen-bond donors (Lipinski definition) is 0. The Balaban J connectivity index is 1.13. The number of fused-ring (bicyclic) bond motifs is 9. The van der Waals surface area contributed by atoms with Gasteiger partial charge in [-0.05, 0) is 215 Å². The molecular weight excluding hydrogens is 966 g/mol. The van der Waals surface area contributed by atoms with Gasteiger partial charge in [0.05, 0.1) is 5.69 Å². The van der Waals surface area contributed by atoms with Gasteiger partial charge in [0.15, 0.2) is 0 Å². The Hall–Kier alpha value is -6.78. The average Bonchev–Trinajstić information content (AvgIpc) is 1.33. The van der Waals surface area contributed by atoms with E-state index in [1.165, 1.54) is 117 Å². The lowest BCUT2D eigenvalue weighted by atomic mass is 9.33. The van der Waals surface area contributed by atoms with E-state index >= 15 is 0 Å². The summed E-state index contributed by atoms with van der Waals surface area (Å²) in [4.78, 5) is 7.96. The Labute approximate surface area is 480 Å². The highest BCUT2D eigenvalue weighted by molar-refractivity contribution is 7.00. The highest BCUT2D eigenvalue weighted by Crippen LogP contribution is 2.58. The minimum atomic E-state index is -0.255. The molecule has 4 heteroatoms. The molecule has 0 atom stereocenters. The number of hydrogen-bond acceptors (Lipinski definition) is 3. The third kappa shape index (κ3) is 7.80. The van der Waals surface area contributed by atoms with Gasteiger partial charge >= 0.3 is 0 Å². The van der Waals surface area contributed by atoms with E-state index in [1.807, 2.05) is 0 Å². The van der Waals surface area contributed by atoms with E-state index < -0.39 is 0 Å². The van der Waals surface area contributed by atoms with Gasteiger partial charge in [-0.3, -0.25) is 0 Å². The van der Waals surface area contributed by atoms with Crippen LogP contribution in [-0.4, -0.2) is 6.71 Å². The summed E-state index contributed by atoms with van der Waals surface area (Å²) in [6, 6.07) is 58.1. The molecule has 0 radical (unpaired) electrons. The van der Waals surface area contributed by atoms with Crippen molar-refractivity contribution >= 4 is 74.3 Å². The summed E-state index contributed by atoms with van der Waals surface area (Å²) in [6.45, 7) is 43.3. The fourth-order valence-electron chi connectivity index (χ4n) is 15.9. The van der Waals surface area contributed by atoms with E-state index in [9.17, 15) is 0 Å². The molecule has 0 bridgehead atoms. The molecule has 8 aromatic carbocycles. The van der Waals surface area contributed by atoms with E-state index in [4.69, 9.17) is 0 Å². The molecule has 0 spiro atoms. The molecule has 3 nitrogen and oxygen atoms in total. The molecule has 0 N–H and O–H groups in total. The van der Waals surface area contributed by atoms with Crippen molar-refractivity contribution in [1.29, 1.82) is 0 Å². The molecule has 5 aliphatic rings. The summed E-state index contributed by atoms with van der Waals surface area (Å²) < 4.78 is 0. The Morgan fingerprint density at radius 2 is 0.900 bits per heavy atom. The Morgan fingerprint density at radius 3 is 1.49 bits per heavy atom. The maximum atomic E-state index is 2.74. The Morgan fingerprint density at radius 1 is 0.412 bits per heavy atom. The Bertz CT molecular complexity index is 3830. The van der Waals surface area contributed by atoms with Crippen LogP contribution < -0.4 is 31.1 Å². The van der Waals surface area contributed by atoms with Crippen molar-refractivity contribution in [3.63, 3.8) is 0 Å². The largest absolute Gasteiger partial charge is 0.311 e. The van der Waals surface area contributed by atoms with Crippen LogP contribution in [0, 0.1) is 13.8 Å². The van der Waals surface area contributed by atoms with Gasteiger partial charge in [0.2, 0.25) is 0 Å². The minimum Gasteiger partial charge on any atom is -0.311 e. The molecule has 2 aliphatic heterocycles. The van der Waals surface area contributed by atoms with Crippen LogP contribution in [0.25, 0.3) is 11.1 Å². The molecule has 13 rings (SSSR count). The molecule has 0 amide bonds. The van der Waals surface area contributed by atoms with Gasteiger partial charge in [-0.2, -0.15) is 0 Å². The number of nitrogens with zero attached hydrogens (tertiary/aromatic N) is 3. The van der Waals surface area contributed by atoms with Gasteiger partial charge in [-0.25, -0.2) is 0 Å². The predicted octanol–water partition coefficient (Wildman–Crippen LogP) is 19.1. The molecule has 0 unspecified atom stereocenters. The van der Waals surface area contributed by atoms with Gasteiger partial charge in [-0.1, -0.05) is 190 Å². The smallest absolute Gasteiger partial charge is 0.252 e.